The van der Waals surface area contributed by atoms with Gasteiger partial charge in [0, 0.05) is 30.6 Å². The van der Waals surface area contributed by atoms with Gasteiger partial charge in [-0.05, 0) is 67.0 Å². The van der Waals surface area contributed by atoms with Crippen molar-refractivity contribution in [3.63, 3.8) is 0 Å². The highest BCUT2D eigenvalue weighted by molar-refractivity contribution is 5.73. The molecule has 0 saturated carbocycles. The second-order valence-electron chi connectivity index (χ2n) is 7.56. The Morgan fingerprint density at radius 2 is 1.75 bits per heavy atom. The zero-order valence-corrected chi connectivity index (χ0v) is 14.2. The van der Waals surface area contributed by atoms with E-state index >= 15 is 0 Å². The molecule has 1 heterocycles. The van der Waals surface area contributed by atoms with Gasteiger partial charge >= 0.3 is 0 Å². The first-order valence-corrected chi connectivity index (χ1v) is 7.90. The van der Waals surface area contributed by atoms with Gasteiger partial charge in [-0.15, -0.1) is 0 Å². The Bertz CT molecular complexity index is 320. The van der Waals surface area contributed by atoms with Crippen molar-refractivity contribution in [1.82, 2.24) is 15.5 Å². The summed E-state index contributed by atoms with van der Waals surface area (Å²) in [5, 5.41) is 6.65. The van der Waals surface area contributed by atoms with Crippen molar-refractivity contribution in [2.24, 2.45) is 0 Å². The minimum Gasteiger partial charge on any atom is -0.351 e. The summed E-state index contributed by atoms with van der Waals surface area (Å²) < 4.78 is 0. The van der Waals surface area contributed by atoms with Crippen molar-refractivity contribution in [2.45, 2.75) is 77.9 Å². The lowest BCUT2D eigenvalue weighted by Crippen LogP contribution is -2.53. The number of carbonyl (C=O) groups is 1. The summed E-state index contributed by atoms with van der Waals surface area (Å²) in [7, 11) is 0. The van der Waals surface area contributed by atoms with Crippen LogP contribution in [-0.4, -0.2) is 47.6 Å². The van der Waals surface area contributed by atoms with Crippen LogP contribution in [0.4, 0.5) is 0 Å². The smallest absolute Gasteiger partial charge is 0.217 e. The summed E-state index contributed by atoms with van der Waals surface area (Å²) in [5.41, 5.74) is 0.0545. The Balaban J connectivity index is 2.38. The highest BCUT2D eigenvalue weighted by Gasteiger charge is 2.30. The van der Waals surface area contributed by atoms with Gasteiger partial charge in [0.05, 0.1) is 0 Å². The van der Waals surface area contributed by atoms with Gasteiger partial charge in [-0.2, -0.15) is 0 Å². The molecule has 1 rings (SSSR count). The molecule has 0 aromatic carbocycles. The number of amides is 1. The molecule has 0 aliphatic carbocycles. The van der Waals surface area contributed by atoms with Crippen LogP contribution in [0.3, 0.4) is 0 Å². The van der Waals surface area contributed by atoms with Gasteiger partial charge in [0.1, 0.15) is 0 Å². The number of carbonyl (C=O) groups excluding carboxylic acids is 1. The topological polar surface area (TPSA) is 44.4 Å². The van der Waals surface area contributed by atoms with E-state index in [-0.39, 0.29) is 17.0 Å². The average Bonchev–Trinajstić information content (AvgIpc) is 2.77. The highest BCUT2D eigenvalue weighted by atomic mass is 16.1. The third kappa shape index (κ3) is 5.80. The molecule has 1 fully saturated rings. The van der Waals surface area contributed by atoms with Gasteiger partial charge in [0.2, 0.25) is 5.91 Å². The van der Waals surface area contributed by atoms with E-state index in [1.54, 1.807) is 6.92 Å². The first-order chi connectivity index (χ1) is 9.12. The first kappa shape index (κ1) is 17.4. The fraction of sp³-hybridized carbons (Fsp3) is 0.938. The fourth-order valence-electron chi connectivity index (χ4n) is 3.22. The molecule has 2 N–H and O–H groups in total. The van der Waals surface area contributed by atoms with Crippen molar-refractivity contribution >= 4 is 5.91 Å². The zero-order chi connectivity index (χ0) is 15.4. The molecule has 0 aromatic rings. The van der Waals surface area contributed by atoms with E-state index < -0.39 is 0 Å². The standard InChI is InChI=1S/C16H33N3O/c1-13(11-15(3,4)18-14(2)20)17-12-16(5,6)19-9-7-8-10-19/h13,17H,7-12H2,1-6H3,(H,18,20)/t13-/m1/s1. The van der Waals surface area contributed by atoms with Crippen LogP contribution in [0, 0.1) is 0 Å². The summed E-state index contributed by atoms with van der Waals surface area (Å²) in [6, 6.07) is 0.388. The van der Waals surface area contributed by atoms with Crippen LogP contribution in [0.5, 0.6) is 0 Å². The SMILES string of the molecule is CC(=O)NC(C)(C)C[C@@H](C)NCC(C)(C)N1CCCC1. The van der Waals surface area contributed by atoms with Gasteiger partial charge in [0.25, 0.3) is 0 Å². The monoisotopic (exact) mass is 283 g/mol. The molecule has 0 spiro atoms. The third-order valence-electron chi connectivity index (χ3n) is 4.18. The third-order valence-corrected chi connectivity index (χ3v) is 4.18. The molecule has 4 heteroatoms. The molecule has 1 saturated heterocycles. The molecule has 1 aliphatic heterocycles. The molecular weight excluding hydrogens is 250 g/mol. The fourth-order valence-corrected chi connectivity index (χ4v) is 3.22. The van der Waals surface area contributed by atoms with Crippen molar-refractivity contribution in [3.05, 3.63) is 0 Å². The summed E-state index contributed by atoms with van der Waals surface area (Å²) in [5.74, 6) is 0.0413. The number of hydrogen-bond acceptors (Lipinski definition) is 3. The number of hydrogen-bond donors (Lipinski definition) is 2. The quantitative estimate of drug-likeness (QED) is 0.752. The van der Waals surface area contributed by atoms with Crippen molar-refractivity contribution < 1.29 is 4.79 Å². The second-order valence-corrected chi connectivity index (χ2v) is 7.56. The van der Waals surface area contributed by atoms with E-state index in [2.05, 4.69) is 50.2 Å². The Morgan fingerprint density at radius 1 is 1.20 bits per heavy atom. The maximum Gasteiger partial charge on any atom is 0.217 e. The van der Waals surface area contributed by atoms with Gasteiger partial charge < -0.3 is 10.6 Å². The molecule has 0 bridgehead atoms. The molecule has 0 unspecified atom stereocenters. The van der Waals surface area contributed by atoms with Gasteiger partial charge in [-0.3, -0.25) is 9.69 Å². The lowest BCUT2D eigenvalue weighted by atomic mass is 9.95. The van der Waals surface area contributed by atoms with Gasteiger partial charge in [-0.25, -0.2) is 0 Å². The highest BCUT2D eigenvalue weighted by Crippen LogP contribution is 2.20. The molecule has 1 aliphatic rings. The average molecular weight is 283 g/mol. The second kappa shape index (κ2) is 6.90. The van der Waals surface area contributed by atoms with Crippen molar-refractivity contribution in [1.29, 1.82) is 0 Å². The number of nitrogens with zero attached hydrogens (tertiary/aromatic N) is 1. The molecule has 20 heavy (non-hydrogen) atoms. The number of nitrogens with one attached hydrogen (secondary N) is 2. The van der Waals surface area contributed by atoms with Gasteiger partial charge in [0.15, 0.2) is 0 Å². The summed E-state index contributed by atoms with van der Waals surface area (Å²) in [6.45, 7) is 16.0. The Labute approximate surface area is 124 Å². The normalized spacial score (nSPS) is 19.1. The van der Waals surface area contributed by atoms with E-state index in [1.165, 1.54) is 25.9 Å². The van der Waals surface area contributed by atoms with Crippen molar-refractivity contribution in [3.8, 4) is 0 Å². The van der Waals surface area contributed by atoms with Crippen LogP contribution in [0.25, 0.3) is 0 Å². The number of rotatable bonds is 7. The Hall–Kier alpha value is -0.610. The summed E-state index contributed by atoms with van der Waals surface area (Å²) in [6.07, 6.45) is 3.59. The lowest BCUT2D eigenvalue weighted by molar-refractivity contribution is -0.120. The number of likely N-dealkylation sites (tertiary alicyclic amines) is 1. The maximum absolute atomic E-state index is 11.2. The lowest BCUT2D eigenvalue weighted by Gasteiger charge is -2.37. The zero-order valence-electron chi connectivity index (χ0n) is 14.2. The Kier molecular flexibility index (Phi) is 6.02. The molecule has 0 aromatic heterocycles. The van der Waals surface area contributed by atoms with E-state index in [0.717, 1.165) is 13.0 Å². The minimum absolute atomic E-state index is 0.0413. The van der Waals surface area contributed by atoms with E-state index in [0.29, 0.717) is 6.04 Å². The van der Waals surface area contributed by atoms with Gasteiger partial charge in [-0.1, -0.05) is 0 Å². The predicted molar refractivity (Wildman–Crippen MR) is 84.9 cm³/mol. The molecule has 1 amide bonds. The van der Waals surface area contributed by atoms with Crippen LogP contribution in [-0.2, 0) is 4.79 Å². The first-order valence-electron chi connectivity index (χ1n) is 7.90. The van der Waals surface area contributed by atoms with E-state index in [1.807, 2.05) is 0 Å². The molecular formula is C16H33N3O. The molecule has 1 atom stereocenters. The summed E-state index contributed by atoms with van der Waals surface area (Å²) in [4.78, 5) is 13.8. The Morgan fingerprint density at radius 3 is 2.25 bits per heavy atom. The van der Waals surface area contributed by atoms with E-state index in [4.69, 9.17) is 0 Å². The van der Waals surface area contributed by atoms with Crippen LogP contribution in [0.2, 0.25) is 0 Å². The largest absolute Gasteiger partial charge is 0.351 e. The maximum atomic E-state index is 11.2. The molecule has 4 nitrogen and oxygen atoms in total. The van der Waals surface area contributed by atoms with E-state index in [9.17, 15) is 4.79 Å². The summed E-state index contributed by atoms with van der Waals surface area (Å²) >= 11 is 0. The van der Waals surface area contributed by atoms with Crippen LogP contribution >= 0.6 is 0 Å². The molecule has 0 radical (unpaired) electrons. The molecule has 118 valence electrons. The van der Waals surface area contributed by atoms with Crippen LogP contribution in [0.1, 0.15) is 60.8 Å². The van der Waals surface area contributed by atoms with Crippen LogP contribution < -0.4 is 10.6 Å². The predicted octanol–water partition coefficient (Wildman–Crippen LogP) is 2.14. The minimum atomic E-state index is -0.157. The van der Waals surface area contributed by atoms with Crippen LogP contribution in [0.15, 0.2) is 0 Å². The van der Waals surface area contributed by atoms with Crippen molar-refractivity contribution in [2.75, 3.05) is 19.6 Å².